The van der Waals surface area contributed by atoms with Gasteiger partial charge in [0.2, 0.25) is 0 Å². The van der Waals surface area contributed by atoms with Gasteiger partial charge in [0, 0.05) is 11.1 Å². The van der Waals surface area contributed by atoms with Crippen LogP contribution in [0.25, 0.3) is 0 Å². The zero-order valence-corrected chi connectivity index (χ0v) is 17.4. The van der Waals surface area contributed by atoms with E-state index in [2.05, 4.69) is 23.7 Å². The predicted octanol–water partition coefficient (Wildman–Crippen LogP) is 4.52. The van der Waals surface area contributed by atoms with Gasteiger partial charge in [0.05, 0.1) is 39.6 Å². The van der Waals surface area contributed by atoms with Gasteiger partial charge in [-0.3, -0.25) is 0 Å². The summed E-state index contributed by atoms with van der Waals surface area (Å²) >= 11 is 0. The Balaban J connectivity index is 1.82. The van der Waals surface area contributed by atoms with Crippen LogP contribution in [0.3, 0.4) is 0 Å². The highest BCUT2D eigenvalue weighted by Gasteiger charge is 2.03. The molecule has 0 aliphatic rings. The molecule has 0 spiro atoms. The van der Waals surface area contributed by atoms with Gasteiger partial charge in [-0.05, 0) is 60.7 Å². The van der Waals surface area contributed by atoms with Crippen LogP contribution in [0.1, 0.15) is 22.3 Å². The summed E-state index contributed by atoms with van der Waals surface area (Å²) in [6.45, 7) is 0. The lowest BCUT2D eigenvalue weighted by molar-refractivity contribution is 0.402. The third-order valence-electron chi connectivity index (χ3n) is 4.38. The molecule has 0 atom stereocenters. The Labute approximate surface area is 177 Å². The van der Waals surface area contributed by atoms with E-state index in [9.17, 15) is 0 Å². The minimum Gasteiger partial charge on any atom is -0.497 e. The van der Waals surface area contributed by atoms with Gasteiger partial charge in [-0.25, -0.2) is 0 Å². The van der Waals surface area contributed by atoms with Gasteiger partial charge in [0.15, 0.2) is 0 Å². The normalized spacial score (nSPS) is 9.47. The third-order valence-corrected chi connectivity index (χ3v) is 4.38. The fourth-order valence-corrected chi connectivity index (χ4v) is 2.74. The first-order valence-electron chi connectivity index (χ1n) is 9.25. The van der Waals surface area contributed by atoms with E-state index in [-0.39, 0.29) is 0 Å². The highest BCUT2D eigenvalue weighted by atomic mass is 16.5. The maximum atomic E-state index is 5.37. The molecule has 4 heteroatoms. The van der Waals surface area contributed by atoms with E-state index in [1.165, 1.54) is 0 Å². The number of rotatable bonds is 4. The Morgan fingerprint density at radius 3 is 1.20 bits per heavy atom. The summed E-state index contributed by atoms with van der Waals surface area (Å²) in [6, 6.07) is 18.8. The predicted molar refractivity (Wildman–Crippen MR) is 117 cm³/mol. The summed E-state index contributed by atoms with van der Waals surface area (Å²) in [4.78, 5) is 0. The first kappa shape index (κ1) is 20.7. The number of hydrogen-bond donors (Lipinski definition) is 0. The molecule has 0 saturated heterocycles. The Morgan fingerprint density at radius 1 is 0.467 bits per heavy atom. The summed E-state index contributed by atoms with van der Waals surface area (Å²) in [5, 5.41) is 0. The van der Waals surface area contributed by atoms with Crippen molar-refractivity contribution in [3.8, 4) is 46.7 Å². The molecule has 0 heterocycles. The Kier molecular flexibility index (Phi) is 6.87. The number of methoxy groups -OCH3 is 4. The van der Waals surface area contributed by atoms with E-state index in [1.54, 1.807) is 28.4 Å². The van der Waals surface area contributed by atoms with Crippen molar-refractivity contribution < 1.29 is 18.9 Å². The average molecular weight is 398 g/mol. The topological polar surface area (TPSA) is 36.9 Å². The van der Waals surface area contributed by atoms with Crippen molar-refractivity contribution in [3.63, 3.8) is 0 Å². The molecule has 0 aliphatic heterocycles. The minimum atomic E-state index is 0.707. The second kappa shape index (κ2) is 9.96. The molecule has 0 aromatic heterocycles. The molecule has 3 rings (SSSR count). The summed E-state index contributed by atoms with van der Waals surface area (Å²) in [5.74, 6) is 15.5. The molecule has 30 heavy (non-hydrogen) atoms. The maximum Gasteiger partial charge on any atom is 0.134 e. The fraction of sp³-hybridized carbons (Fsp3) is 0.154. The van der Waals surface area contributed by atoms with E-state index in [1.807, 2.05) is 60.7 Å². The second-order valence-corrected chi connectivity index (χ2v) is 6.21. The number of ether oxygens (including phenoxy) is 4. The standard InChI is InChI=1S/C26H22O4/c1-27-23-13-15-25(29-3)21(17-23)11-9-19-5-7-20(8-6-19)10-12-22-18-24(28-2)14-16-26(22)30-4/h5-8,13-18H,1-4H3. The number of benzene rings is 3. The average Bonchev–Trinajstić information content (AvgIpc) is 2.81. The van der Waals surface area contributed by atoms with E-state index < -0.39 is 0 Å². The molecular formula is C26H22O4. The Bertz CT molecular complexity index is 1050. The smallest absolute Gasteiger partial charge is 0.134 e. The van der Waals surface area contributed by atoms with Crippen LogP contribution in [-0.4, -0.2) is 28.4 Å². The van der Waals surface area contributed by atoms with Crippen LogP contribution in [0.5, 0.6) is 23.0 Å². The summed E-state index contributed by atoms with van der Waals surface area (Å²) in [7, 11) is 6.50. The van der Waals surface area contributed by atoms with Crippen molar-refractivity contribution in [2.24, 2.45) is 0 Å². The maximum absolute atomic E-state index is 5.37. The first-order chi connectivity index (χ1) is 14.7. The largest absolute Gasteiger partial charge is 0.497 e. The molecule has 4 nitrogen and oxygen atoms in total. The van der Waals surface area contributed by atoms with Gasteiger partial charge < -0.3 is 18.9 Å². The van der Waals surface area contributed by atoms with Crippen LogP contribution >= 0.6 is 0 Å². The van der Waals surface area contributed by atoms with E-state index in [4.69, 9.17) is 18.9 Å². The van der Waals surface area contributed by atoms with Gasteiger partial charge >= 0.3 is 0 Å². The van der Waals surface area contributed by atoms with E-state index >= 15 is 0 Å². The lowest BCUT2D eigenvalue weighted by atomic mass is 10.1. The van der Waals surface area contributed by atoms with Crippen LogP contribution in [0.4, 0.5) is 0 Å². The van der Waals surface area contributed by atoms with Gasteiger partial charge in [-0.1, -0.05) is 23.7 Å². The molecule has 0 fully saturated rings. The molecule has 3 aromatic carbocycles. The van der Waals surface area contributed by atoms with Gasteiger partial charge in [-0.15, -0.1) is 0 Å². The van der Waals surface area contributed by atoms with Crippen LogP contribution in [0.2, 0.25) is 0 Å². The molecule has 150 valence electrons. The van der Waals surface area contributed by atoms with Crippen molar-refractivity contribution in [3.05, 3.63) is 82.9 Å². The minimum absolute atomic E-state index is 0.707. The summed E-state index contributed by atoms with van der Waals surface area (Å²) in [5.41, 5.74) is 3.30. The zero-order valence-electron chi connectivity index (χ0n) is 17.4. The molecule has 0 N–H and O–H groups in total. The van der Waals surface area contributed by atoms with Crippen molar-refractivity contribution in [2.45, 2.75) is 0 Å². The van der Waals surface area contributed by atoms with Gasteiger partial charge in [-0.2, -0.15) is 0 Å². The highest BCUT2D eigenvalue weighted by molar-refractivity contribution is 5.55. The van der Waals surface area contributed by atoms with E-state index in [0.29, 0.717) is 11.5 Å². The molecule has 0 amide bonds. The SMILES string of the molecule is COc1ccc(OC)c(C#Cc2ccc(C#Cc3cc(OC)ccc3OC)cc2)c1. The van der Waals surface area contributed by atoms with Crippen LogP contribution in [0.15, 0.2) is 60.7 Å². The van der Waals surface area contributed by atoms with Crippen LogP contribution in [0, 0.1) is 23.7 Å². The van der Waals surface area contributed by atoms with Crippen molar-refractivity contribution >= 4 is 0 Å². The molecule has 3 aromatic rings. The zero-order chi connectivity index (χ0) is 21.3. The lowest BCUT2D eigenvalue weighted by Crippen LogP contribution is -1.90. The molecule has 0 bridgehead atoms. The molecule has 0 saturated carbocycles. The van der Waals surface area contributed by atoms with Crippen LogP contribution < -0.4 is 18.9 Å². The first-order valence-corrected chi connectivity index (χ1v) is 9.25. The molecule has 0 unspecified atom stereocenters. The summed E-state index contributed by atoms with van der Waals surface area (Å²) < 4.78 is 21.3. The summed E-state index contributed by atoms with van der Waals surface area (Å²) in [6.07, 6.45) is 0. The van der Waals surface area contributed by atoms with Crippen molar-refractivity contribution in [1.29, 1.82) is 0 Å². The van der Waals surface area contributed by atoms with Crippen LogP contribution in [-0.2, 0) is 0 Å². The lowest BCUT2D eigenvalue weighted by Gasteiger charge is -2.05. The molecular weight excluding hydrogens is 376 g/mol. The van der Waals surface area contributed by atoms with Gasteiger partial charge in [0.1, 0.15) is 23.0 Å². The van der Waals surface area contributed by atoms with Crippen molar-refractivity contribution in [2.75, 3.05) is 28.4 Å². The molecule has 0 radical (unpaired) electrons. The van der Waals surface area contributed by atoms with Gasteiger partial charge in [0.25, 0.3) is 0 Å². The number of hydrogen-bond acceptors (Lipinski definition) is 4. The molecule has 0 aliphatic carbocycles. The van der Waals surface area contributed by atoms with E-state index in [0.717, 1.165) is 33.8 Å². The fourth-order valence-electron chi connectivity index (χ4n) is 2.74. The van der Waals surface area contributed by atoms with Crippen molar-refractivity contribution in [1.82, 2.24) is 0 Å². The third kappa shape index (κ3) is 5.07. The highest BCUT2D eigenvalue weighted by Crippen LogP contribution is 2.24. The Morgan fingerprint density at radius 2 is 0.867 bits per heavy atom. The Hall–Kier alpha value is -4.02. The quantitative estimate of drug-likeness (QED) is 0.606. The monoisotopic (exact) mass is 398 g/mol. The second-order valence-electron chi connectivity index (χ2n) is 6.21.